The number of benzene rings is 2. The Bertz CT molecular complexity index is 1650. The average molecular weight is 512 g/mol. The summed E-state index contributed by atoms with van der Waals surface area (Å²) in [6.45, 7) is 5.89. The monoisotopic (exact) mass is 511 g/mol. The lowest BCUT2D eigenvalue weighted by Crippen LogP contribution is -2.13. The number of carboxylic acid groups (broad SMARTS) is 1. The van der Waals surface area contributed by atoms with E-state index < -0.39 is 5.97 Å². The molecule has 6 rings (SSSR count). The van der Waals surface area contributed by atoms with Crippen LogP contribution in [0.3, 0.4) is 0 Å². The number of fused-ring (bicyclic) bond motifs is 3. The van der Waals surface area contributed by atoms with E-state index in [2.05, 4.69) is 37.8 Å². The van der Waals surface area contributed by atoms with Crippen molar-refractivity contribution in [3.63, 3.8) is 0 Å². The number of nitrogens with zero attached hydrogens (tertiary/aromatic N) is 4. The van der Waals surface area contributed by atoms with Crippen molar-refractivity contribution in [3.05, 3.63) is 76.6 Å². The molecule has 1 atom stereocenters. The molecule has 0 saturated heterocycles. The van der Waals surface area contributed by atoms with Gasteiger partial charge in [-0.2, -0.15) is 10.1 Å². The van der Waals surface area contributed by atoms with Crippen LogP contribution in [0.5, 0.6) is 0 Å². The van der Waals surface area contributed by atoms with Gasteiger partial charge in [0, 0.05) is 28.1 Å². The largest absolute Gasteiger partial charge is 0.478 e. The summed E-state index contributed by atoms with van der Waals surface area (Å²) in [4.78, 5) is 16.2. The van der Waals surface area contributed by atoms with E-state index in [4.69, 9.17) is 8.94 Å². The fourth-order valence-electron chi connectivity index (χ4n) is 5.72. The molecular weight excluding hydrogens is 482 g/mol. The molecule has 1 aliphatic rings. The van der Waals surface area contributed by atoms with Crippen LogP contribution < -0.4 is 5.32 Å². The molecule has 3 heterocycles. The summed E-state index contributed by atoms with van der Waals surface area (Å²) >= 11 is 0. The third-order valence-electron chi connectivity index (χ3n) is 7.61. The smallest absolute Gasteiger partial charge is 0.337 e. The number of aromatic nitrogens is 4. The number of carboxylic acids is 1. The quantitative estimate of drug-likeness (QED) is 0.256. The molecule has 0 aliphatic heterocycles. The van der Waals surface area contributed by atoms with Gasteiger partial charge in [-0.15, -0.1) is 5.10 Å². The van der Waals surface area contributed by atoms with Crippen LogP contribution in [-0.2, 0) is 0 Å². The van der Waals surface area contributed by atoms with Crippen molar-refractivity contribution in [2.75, 3.05) is 5.32 Å². The summed E-state index contributed by atoms with van der Waals surface area (Å²) in [5.41, 5.74) is 6.16. The lowest BCUT2D eigenvalue weighted by Gasteiger charge is -2.26. The number of para-hydroxylation sites is 1. The number of anilines is 1. The van der Waals surface area contributed by atoms with Crippen molar-refractivity contribution < 1.29 is 18.8 Å². The number of aromatic carboxylic acids is 1. The maximum absolute atomic E-state index is 11.7. The standard InChI is InChI=1S/C29H29N5O4/c1-15-12-21(16(2)31-24-7-5-4-6-20(24)29(35)36)26-22(13-15)25-27(37-26)23(14-30-33-25)18-8-10-19(11-9-18)28-32-17(3)34-38-28/h4-7,12-14,16,18-19,31H,8-11H2,1-3H3,(H,35,36)/t16-,18?,19?/m1/s1. The number of carbonyl (C=O) groups is 1. The Morgan fingerprint density at radius 3 is 2.58 bits per heavy atom. The van der Waals surface area contributed by atoms with Crippen LogP contribution in [0, 0.1) is 13.8 Å². The van der Waals surface area contributed by atoms with Gasteiger partial charge < -0.3 is 19.4 Å². The molecule has 1 fully saturated rings. The number of rotatable bonds is 6. The van der Waals surface area contributed by atoms with E-state index in [0.717, 1.165) is 70.3 Å². The number of furan rings is 1. The van der Waals surface area contributed by atoms with Gasteiger partial charge in [-0.05, 0) is 76.1 Å². The van der Waals surface area contributed by atoms with Gasteiger partial charge in [-0.3, -0.25) is 0 Å². The Morgan fingerprint density at radius 1 is 1.08 bits per heavy atom. The molecule has 0 radical (unpaired) electrons. The van der Waals surface area contributed by atoms with Crippen LogP contribution in [-0.4, -0.2) is 31.4 Å². The summed E-state index contributed by atoms with van der Waals surface area (Å²) in [7, 11) is 0. The van der Waals surface area contributed by atoms with Gasteiger partial charge in [0.15, 0.2) is 11.4 Å². The molecule has 0 bridgehead atoms. The SMILES string of the molecule is Cc1cc([C@@H](C)Nc2ccccc2C(=O)O)c2oc3c(C4CCC(c5nc(C)no5)CC4)cnnc3c2c1. The lowest BCUT2D eigenvalue weighted by atomic mass is 9.79. The van der Waals surface area contributed by atoms with Gasteiger partial charge in [-0.1, -0.05) is 23.4 Å². The van der Waals surface area contributed by atoms with Crippen molar-refractivity contribution >= 4 is 33.7 Å². The van der Waals surface area contributed by atoms with Crippen molar-refractivity contribution in [2.45, 2.75) is 64.3 Å². The molecule has 9 nitrogen and oxygen atoms in total. The van der Waals surface area contributed by atoms with Crippen LogP contribution in [0.15, 0.2) is 51.5 Å². The summed E-state index contributed by atoms with van der Waals surface area (Å²) in [5, 5.41) is 26.7. The number of aryl methyl sites for hydroxylation is 2. The zero-order valence-electron chi connectivity index (χ0n) is 21.6. The van der Waals surface area contributed by atoms with Crippen LogP contribution in [0.2, 0.25) is 0 Å². The van der Waals surface area contributed by atoms with Gasteiger partial charge in [0.1, 0.15) is 11.1 Å². The maximum Gasteiger partial charge on any atom is 0.337 e. The molecule has 0 amide bonds. The van der Waals surface area contributed by atoms with E-state index in [0.29, 0.717) is 17.4 Å². The van der Waals surface area contributed by atoms with E-state index >= 15 is 0 Å². The first-order valence-electron chi connectivity index (χ1n) is 13.0. The molecule has 5 aromatic rings. The minimum absolute atomic E-state index is 0.205. The first-order valence-corrected chi connectivity index (χ1v) is 13.0. The molecule has 0 spiro atoms. The topological polar surface area (TPSA) is 127 Å². The zero-order chi connectivity index (χ0) is 26.4. The van der Waals surface area contributed by atoms with Crippen molar-refractivity contribution in [3.8, 4) is 0 Å². The summed E-state index contributed by atoms with van der Waals surface area (Å²) in [5.74, 6) is 1.02. The van der Waals surface area contributed by atoms with Gasteiger partial charge in [0.2, 0.25) is 5.89 Å². The molecule has 0 unspecified atom stereocenters. The molecule has 2 N–H and O–H groups in total. The number of nitrogens with one attached hydrogen (secondary N) is 1. The van der Waals surface area contributed by atoms with Crippen LogP contribution in [0.1, 0.15) is 89.2 Å². The highest BCUT2D eigenvalue weighted by Crippen LogP contribution is 2.43. The van der Waals surface area contributed by atoms with Crippen LogP contribution >= 0.6 is 0 Å². The second-order valence-corrected chi connectivity index (χ2v) is 10.3. The van der Waals surface area contributed by atoms with Crippen LogP contribution in [0.4, 0.5) is 5.69 Å². The zero-order valence-corrected chi connectivity index (χ0v) is 21.6. The average Bonchev–Trinajstić information content (AvgIpc) is 3.52. The summed E-state index contributed by atoms with van der Waals surface area (Å²) in [6.07, 6.45) is 5.71. The molecule has 38 heavy (non-hydrogen) atoms. The third kappa shape index (κ3) is 4.27. The second-order valence-electron chi connectivity index (χ2n) is 10.3. The molecular formula is C29H29N5O4. The Hall–Kier alpha value is -4.27. The molecule has 3 aromatic heterocycles. The minimum atomic E-state index is -0.970. The summed E-state index contributed by atoms with van der Waals surface area (Å²) in [6, 6.07) is 10.9. The van der Waals surface area contributed by atoms with E-state index in [9.17, 15) is 9.90 Å². The van der Waals surface area contributed by atoms with Crippen LogP contribution in [0.25, 0.3) is 22.1 Å². The molecule has 1 saturated carbocycles. The number of hydrogen-bond acceptors (Lipinski definition) is 8. The highest BCUT2D eigenvalue weighted by Gasteiger charge is 2.30. The van der Waals surface area contributed by atoms with Gasteiger partial charge >= 0.3 is 5.97 Å². The Labute approximate surface area is 219 Å². The van der Waals surface area contributed by atoms with Gasteiger partial charge in [-0.25, -0.2) is 4.79 Å². The molecule has 194 valence electrons. The third-order valence-corrected chi connectivity index (χ3v) is 7.61. The number of hydrogen-bond donors (Lipinski definition) is 2. The van der Waals surface area contributed by atoms with Crippen molar-refractivity contribution in [1.82, 2.24) is 20.3 Å². The highest BCUT2D eigenvalue weighted by molar-refractivity contribution is 6.05. The molecule has 9 heteroatoms. The normalized spacial score (nSPS) is 18.6. The lowest BCUT2D eigenvalue weighted by molar-refractivity contribution is 0.0698. The van der Waals surface area contributed by atoms with E-state index in [-0.39, 0.29) is 17.5 Å². The van der Waals surface area contributed by atoms with Gasteiger partial charge in [0.05, 0.1) is 17.8 Å². The highest BCUT2D eigenvalue weighted by atomic mass is 16.5. The Morgan fingerprint density at radius 2 is 1.84 bits per heavy atom. The Kier molecular flexibility index (Phi) is 6.06. The van der Waals surface area contributed by atoms with Crippen molar-refractivity contribution in [1.29, 1.82) is 0 Å². The molecule has 2 aromatic carbocycles. The van der Waals surface area contributed by atoms with Crippen molar-refractivity contribution in [2.24, 2.45) is 0 Å². The summed E-state index contributed by atoms with van der Waals surface area (Å²) < 4.78 is 12.0. The first-order chi connectivity index (χ1) is 18.4. The van der Waals surface area contributed by atoms with E-state index in [1.165, 1.54) is 0 Å². The second kappa shape index (κ2) is 9.55. The van der Waals surface area contributed by atoms with E-state index in [1.807, 2.05) is 33.0 Å². The Balaban J connectivity index is 1.35. The first kappa shape index (κ1) is 24.1. The predicted octanol–water partition coefficient (Wildman–Crippen LogP) is 6.69. The molecule has 1 aliphatic carbocycles. The fraction of sp³-hybridized carbons (Fsp3) is 0.345. The van der Waals surface area contributed by atoms with Gasteiger partial charge in [0.25, 0.3) is 0 Å². The fourth-order valence-corrected chi connectivity index (χ4v) is 5.72. The van der Waals surface area contributed by atoms with E-state index in [1.54, 1.807) is 18.2 Å². The maximum atomic E-state index is 11.7. The minimum Gasteiger partial charge on any atom is -0.478 e. The predicted molar refractivity (Wildman–Crippen MR) is 142 cm³/mol.